The van der Waals surface area contributed by atoms with Crippen LogP contribution in [0.5, 0.6) is 0 Å². The molecule has 4 N–H and O–H groups in total. The van der Waals surface area contributed by atoms with Crippen molar-refractivity contribution in [3.8, 4) is 0 Å². The predicted molar refractivity (Wildman–Crippen MR) is 66.8 cm³/mol. The Morgan fingerprint density at radius 2 is 2.12 bits per heavy atom. The van der Waals surface area contributed by atoms with Gasteiger partial charge in [-0.15, -0.1) is 0 Å². The van der Waals surface area contributed by atoms with Crippen molar-refractivity contribution in [2.75, 3.05) is 18.4 Å². The highest BCUT2D eigenvalue weighted by Crippen LogP contribution is 2.10. The molecule has 17 heavy (non-hydrogen) atoms. The lowest BCUT2D eigenvalue weighted by atomic mass is 10.2. The highest BCUT2D eigenvalue weighted by Gasteiger charge is 2.04. The Morgan fingerprint density at radius 1 is 1.35 bits per heavy atom. The van der Waals surface area contributed by atoms with E-state index < -0.39 is 5.91 Å². The quantitative estimate of drug-likeness (QED) is 0.635. The van der Waals surface area contributed by atoms with Crippen LogP contribution < -0.4 is 16.4 Å². The Kier molecular flexibility index (Phi) is 5.16. The van der Waals surface area contributed by atoms with Gasteiger partial charge in [0.15, 0.2) is 0 Å². The fourth-order valence-electron chi connectivity index (χ4n) is 1.35. The molecule has 5 heteroatoms. The Labute approximate surface area is 100 Å². The van der Waals surface area contributed by atoms with Crippen LogP contribution in [0.15, 0.2) is 24.3 Å². The Balaban J connectivity index is 2.53. The van der Waals surface area contributed by atoms with Gasteiger partial charge in [0, 0.05) is 24.2 Å². The molecule has 0 aliphatic heterocycles. The van der Waals surface area contributed by atoms with Crippen molar-refractivity contribution >= 4 is 17.5 Å². The molecule has 0 spiro atoms. The number of carbonyl (C=O) groups is 2. The van der Waals surface area contributed by atoms with Crippen LogP contribution in [0.25, 0.3) is 0 Å². The van der Waals surface area contributed by atoms with E-state index in [1.54, 1.807) is 24.3 Å². The minimum Gasteiger partial charge on any atom is -0.366 e. The van der Waals surface area contributed by atoms with Crippen LogP contribution in [0.3, 0.4) is 0 Å². The molecule has 0 aliphatic carbocycles. The van der Waals surface area contributed by atoms with Gasteiger partial charge in [0.1, 0.15) is 0 Å². The Morgan fingerprint density at radius 3 is 2.76 bits per heavy atom. The zero-order chi connectivity index (χ0) is 12.7. The number of primary amides is 1. The van der Waals surface area contributed by atoms with E-state index in [0.29, 0.717) is 24.2 Å². The third kappa shape index (κ3) is 4.65. The standard InChI is InChI=1S/C12H17N3O2/c1-2-14-7-6-11(16)15-10-5-3-4-9(8-10)12(13)17/h3-5,8,14H,2,6-7H2,1H3,(H2,13,17)(H,15,16). The molecule has 0 bridgehead atoms. The predicted octanol–water partition coefficient (Wildman–Crippen LogP) is 0.724. The lowest BCUT2D eigenvalue weighted by Crippen LogP contribution is -2.21. The first-order valence-electron chi connectivity index (χ1n) is 5.54. The number of rotatable bonds is 6. The maximum absolute atomic E-state index is 11.5. The number of carbonyl (C=O) groups excluding carboxylic acids is 2. The maximum Gasteiger partial charge on any atom is 0.248 e. The summed E-state index contributed by atoms with van der Waals surface area (Å²) in [6.45, 7) is 3.45. The molecule has 0 unspecified atom stereocenters. The highest BCUT2D eigenvalue weighted by molar-refractivity contribution is 5.96. The Hall–Kier alpha value is -1.88. The zero-order valence-corrected chi connectivity index (χ0v) is 9.82. The van der Waals surface area contributed by atoms with Gasteiger partial charge in [0.2, 0.25) is 11.8 Å². The fourth-order valence-corrected chi connectivity index (χ4v) is 1.35. The number of hydrogen-bond donors (Lipinski definition) is 3. The molecule has 2 amide bonds. The van der Waals surface area contributed by atoms with Crippen LogP contribution in [-0.4, -0.2) is 24.9 Å². The van der Waals surface area contributed by atoms with E-state index in [1.807, 2.05) is 6.92 Å². The van der Waals surface area contributed by atoms with Crippen LogP contribution in [0.4, 0.5) is 5.69 Å². The second-order valence-electron chi connectivity index (χ2n) is 3.60. The van der Waals surface area contributed by atoms with E-state index >= 15 is 0 Å². The van der Waals surface area contributed by atoms with Gasteiger partial charge in [0.05, 0.1) is 0 Å². The summed E-state index contributed by atoms with van der Waals surface area (Å²) in [5.74, 6) is -0.596. The number of amides is 2. The first-order valence-corrected chi connectivity index (χ1v) is 5.54. The van der Waals surface area contributed by atoms with Gasteiger partial charge in [-0.2, -0.15) is 0 Å². The van der Waals surface area contributed by atoms with Gasteiger partial charge in [-0.25, -0.2) is 0 Å². The smallest absolute Gasteiger partial charge is 0.248 e. The summed E-state index contributed by atoms with van der Waals surface area (Å²) in [6, 6.07) is 6.57. The molecule has 0 saturated carbocycles. The van der Waals surface area contributed by atoms with E-state index in [1.165, 1.54) is 0 Å². The molecule has 0 heterocycles. The minimum absolute atomic E-state index is 0.0902. The number of nitrogens with one attached hydrogen (secondary N) is 2. The molecule has 0 atom stereocenters. The largest absolute Gasteiger partial charge is 0.366 e. The third-order valence-corrected chi connectivity index (χ3v) is 2.21. The normalized spacial score (nSPS) is 9.94. The topological polar surface area (TPSA) is 84.2 Å². The SMILES string of the molecule is CCNCCC(=O)Nc1cccc(C(N)=O)c1. The fraction of sp³-hybridized carbons (Fsp3) is 0.333. The van der Waals surface area contributed by atoms with E-state index in [9.17, 15) is 9.59 Å². The minimum atomic E-state index is -0.506. The van der Waals surface area contributed by atoms with E-state index in [-0.39, 0.29) is 5.91 Å². The van der Waals surface area contributed by atoms with Gasteiger partial charge in [-0.05, 0) is 24.7 Å². The molecule has 0 aromatic heterocycles. The molecule has 1 aromatic carbocycles. The van der Waals surface area contributed by atoms with Crippen molar-refractivity contribution in [1.82, 2.24) is 5.32 Å². The Bertz CT molecular complexity index is 404. The first kappa shape index (κ1) is 13.2. The van der Waals surface area contributed by atoms with Crippen molar-refractivity contribution in [3.05, 3.63) is 29.8 Å². The van der Waals surface area contributed by atoms with Crippen LogP contribution >= 0.6 is 0 Å². The molecule has 0 saturated heterocycles. The van der Waals surface area contributed by atoms with E-state index in [0.717, 1.165) is 6.54 Å². The molecule has 0 fully saturated rings. The third-order valence-electron chi connectivity index (χ3n) is 2.21. The van der Waals surface area contributed by atoms with Crippen LogP contribution in [0.2, 0.25) is 0 Å². The van der Waals surface area contributed by atoms with Crippen molar-refractivity contribution in [2.24, 2.45) is 5.73 Å². The number of nitrogens with two attached hydrogens (primary N) is 1. The van der Waals surface area contributed by atoms with Gasteiger partial charge in [0.25, 0.3) is 0 Å². The zero-order valence-electron chi connectivity index (χ0n) is 9.82. The average Bonchev–Trinajstić information content (AvgIpc) is 2.29. The summed E-state index contributed by atoms with van der Waals surface area (Å²) >= 11 is 0. The van der Waals surface area contributed by atoms with Gasteiger partial charge < -0.3 is 16.4 Å². The average molecular weight is 235 g/mol. The maximum atomic E-state index is 11.5. The highest BCUT2D eigenvalue weighted by atomic mass is 16.2. The first-order chi connectivity index (χ1) is 8.13. The van der Waals surface area contributed by atoms with Crippen molar-refractivity contribution < 1.29 is 9.59 Å². The summed E-state index contributed by atoms with van der Waals surface area (Å²) in [7, 11) is 0. The molecule has 5 nitrogen and oxygen atoms in total. The molecular formula is C12H17N3O2. The van der Waals surface area contributed by atoms with Crippen molar-refractivity contribution in [2.45, 2.75) is 13.3 Å². The van der Waals surface area contributed by atoms with Gasteiger partial charge in [-0.3, -0.25) is 9.59 Å². The van der Waals surface area contributed by atoms with Gasteiger partial charge in [-0.1, -0.05) is 13.0 Å². The molecular weight excluding hydrogens is 218 g/mol. The van der Waals surface area contributed by atoms with Crippen LogP contribution in [0, 0.1) is 0 Å². The number of benzene rings is 1. The summed E-state index contributed by atoms with van der Waals surface area (Å²) in [5, 5.41) is 5.77. The van der Waals surface area contributed by atoms with Crippen molar-refractivity contribution in [1.29, 1.82) is 0 Å². The second-order valence-corrected chi connectivity index (χ2v) is 3.60. The van der Waals surface area contributed by atoms with Gasteiger partial charge >= 0.3 is 0 Å². The lowest BCUT2D eigenvalue weighted by Gasteiger charge is -2.06. The second kappa shape index (κ2) is 6.65. The number of anilines is 1. The summed E-state index contributed by atoms with van der Waals surface area (Å²) in [4.78, 5) is 22.5. The number of hydrogen-bond acceptors (Lipinski definition) is 3. The van der Waals surface area contributed by atoms with E-state index in [4.69, 9.17) is 5.73 Å². The molecule has 0 radical (unpaired) electrons. The molecule has 1 rings (SSSR count). The lowest BCUT2D eigenvalue weighted by molar-refractivity contribution is -0.116. The molecule has 92 valence electrons. The monoisotopic (exact) mass is 235 g/mol. The molecule has 0 aliphatic rings. The summed E-state index contributed by atoms with van der Waals surface area (Å²) in [5.41, 5.74) is 6.12. The summed E-state index contributed by atoms with van der Waals surface area (Å²) in [6.07, 6.45) is 0.397. The van der Waals surface area contributed by atoms with Crippen molar-refractivity contribution in [3.63, 3.8) is 0 Å². The molecule has 1 aromatic rings. The van der Waals surface area contributed by atoms with E-state index in [2.05, 4.69) is 10.6 Å². The summed E-state index contributed by atoms with van der Waals surface area (Å²) < 4.78 is 0. The van der Waals surface area contributed by atoms with Crippen LogP contribution in [-0.2, 0) is 4.79 Å². The van der Waals surface area contributed by atoms with Crippen LogP contribution in [0.1, 0.15) is 23.7 Å².